The topological polar surface area (TPSA) is 32.3 Å². The van der Waals surface area contributed by atoms with Crippen LogP contribution in [0.1, 0.15) is 50.6 Å². The molecule has 1 atom stereocenters. The van der Waals surface area contributed by atoms with E-state index >= 15 is 0 Å². The minimum absolute atomic E-state index is 0.171. The average Bonchev–Trinajstić information content (AvgIpc) is 2.38. The van der Waals surface area contributed by atoms with Gasteiger partial charge < -0.3 is 10.4 Å². The molecule has 0 fully saturated rings. The van der Waals surface area contributed by atoms with Crippen molar-refractivity contribution in [3.8, 4) is 0 Å². The third-order valence-electron chi connectivity index (χ3n) is 3.13. The first kappa shape index (κ1) is 15.1. The molecule has 2 N–H and O–H groups in total. The van der Waals surface area contributed by atoms with Crippen LogP contribution in [0, 0.1) is 5.82 Å². The van der Waals surface area contributed by atoms with E-state index in [0.717, 1.165) is 44.2 Å². The number of halogens is 1. The zero-order chi connectivity index (χ0) is 13.2. The van der Waals surface area contributed by atoms with Gasteiger partial charge in [0, 0.05) is 12.6 Å². The quantitative estimate of drug-likeness (QED) is 0.661. The highest BCUT2D eigenvalue weighted by molar-refractivity contribution is 5.19. The van der Waals surface area contributed by atoms with Crippen molar-refractivity contribution < 1.29 is 9.50 Å². The second-order valence-corrected chi connectivity index (χ2v) is 4.61. The second kappa shape index (κ2) is 9.06. The number of rotatable bonds is 9. The average molecular weight is 253 g/mol. The van der Waals surface area contributed by atoms with Gasteiger partial charge in [-0.2, -0.15) is 0 Å². The molecule has 1 aromatic carbocycles. The van der Waals surface area contributed by atoms with Crippen LogP contribution < -0.4 is 5.32 Å². The Labute approximate surface area is 109 Å². The summed E-state index contributed by atoms with van der Waals surface area (Å²) in [6.45, 7) is 3.34. The zero-order valence-corrected chi connectivity index (χ0v) is 11.2. The van der Waals surface area contributed by atoms with Crippen LogP contribution in [0.2, 0.25) is 0 Å². The lowest BCUT2D eigenvalue weighted by molar-refractivity contribution is 0.282. The number of aliphatic hydroxyl groups excluding tert-OH is 1. The van der Waals surface area contributed by atoms with Crippen LogP contribution in [0.15, 0.2) is 24.3 Å². The molecular weight excluding hydrogens is 229 g/mol. The van der Waals surface area contributed by atoms with Crippen molar-refractivity contribution in [1.82, 2.24) is 5.32 Å². The summed E-state index contributed by atoms with van der Waals surface area (Å²) >= 11 is 0. The van der Waals surface area contributed by atoms with Crippen molar-refractivity contribution in [1.29, 1.82) is 0 Å². The van der Waals surface area contributed by atoms with Crippen molar-refractivity contribution >= 4 is 0 Å². The van der Waals surface area contributed by atoms with Gasteiger partial charge in [0.1, 0.15) is 5.82 Å². The van der Waals surface area contributed by atoms with Crippen molar-refractivity contribution in [2.45, 2.75) is 45.1 Å². The lowest BCUT2D eigenvalue weighted by atomic mass is 10.0. The Morgan fingerprint density at radius 1 is 1.22 bits per heavy atom. The fourth-order valence-electron chi connectivity index (χ4n) is 2.09. The summed E-state index contributed by atoms with van der Waals surface area (Å²) in [6, 6.07) is 7.04. The van der Waals surface area contributed by atoms with Gasteiger partial charge in [0.05, 0.1) is 0 Å². The zero-order valence-electron chi connectivity index (χ0n) is 11.2. The Morgan fingerprint density at radius 2 is 2.00 bits per heavy atom. The summed E-state index contributed by atoms with van der Waals surface area (Å²) in [4.78, 5) is 0. The molecule has 1 unspecified atom stereocenters. The molecule has 102 valence electrons. The Bertz CT molecular complexity index is 330. The SMILES string of the molecule is CCC(NCCCCCCO)c1cccc(F)c1. The summed E-state index contributed by atoms with van der Waals surface area (Å²) in [6.07, 6.45) is 5.16. The smallest absolute Gasteiger partial charge is 0.123 e. The molecule has 3 heteroatoms. The summed E-state index contributed by atoms with van der Waals surface area (Å²) in [5.41, 5.74) is 1.02. The highest BCUT2D eigenvalue weighted by atomic mass is 19.1. The second-order valence-electron chi connectivity index (χ2n) is 4.61. The first-order valence-electron chi connectivity index (χ1n) is 6.87. The predicted molar refractivity (Wildman–Crippen MR) is 73.0 cm³/mol. The Kier molecular flexibility index (Phi) is 7.62. The van der Waals surface area contributed by atoms with Crippen LogP contribution in [0.25, 0.3) is 0 Å². The number of benzene rings is 1. The lowest BCUT2D eigenvalue weighted by Gasteiger charge is -2.17. The minimum atomic E-state index is -0.171. The van der Waals surface area contributed by atoms with Gasteiger partial charge in [-0.15, -0.1) is 0 Å². The van der Waals surface area contributed by atoms with Gasteiger partial charge in [-0.1, -0.05) is 31.9 Å². The number of hydrogen-bond acceptors (Lipinski definition) is 2. The van der Waals surface area contributed by atoms with Crippen LogP contribution in [0.3, 0.4) is 0 Å². The summed E-state index contributed by atoms with van der Waals surface area (Å²) in [5, 5.41) is 12.1. The highest BCUT2D eigenvalue weighted by Gasteiger charge is 2.08. The largest absolute Gasteiger partial charge is 0.396 e. The molecule has 0 saturated carbocycles. The molecule has 1 rings (SSSR count). The molecule has 0 aliphatic rings. The third-order valence-corrected chi connectivity index (χ3v) is 3.13. The fraction of sp³-hybridized carbons (Fsp3) is 0.600. The van der Waals surface area contributed by atoms with E-state index in [9.17, 15) is 4.39 Å². The maximum absolute atomic E-state index is 13.1. The number of unbranched alkanes of at least 4 members (excludes halogenated alkanes) is 3. The van der Waals surface area contributed by atoms with E-state index in [0.29, 0.717) is 0 Å². The van der Waals surface area contributed by atoms with E-state index in [1.165, 1.54) is 6.07 Å². The first-order valence-corrected chi connectivity index (χ1v) is 6.87. The lowest BCUT2D eigenvalue weighted by Crippen LogP contribution is -2.22. The Hall–Kier alpha value is -0.930. The molecule has 0 saturated heterocycles. The molecule has 0 amide bonds. The molecule has 0 bridgehead atoms. The van der Waals surface area contributed by atoms with Crippen LogP contribution in [0.4, 0.5) is 4.39 Å². The Morgan fingerprint density at radius 3 is 2.67 bits per heavy atom. The van der Waals surface area contributed by atoms with Gasteiger partial charge in [0.25, 0.3) is 0 Å². The van der Waals surface area contributed by atoms with Crippen molar-refractivity contribution in [3.63, 3.8) is 0 Å². The molecule has 0 aliphatic heterocycles. The van der Waals surface area contributed by atoms with Crippen LogP contribution in [-0.4, -0.2) is 18.3 Å². The van der Waals surface area contributed by atoms with Gasteiger partial charge in [-0.3, -0.25) is 0 Å². The molecular formula is C15H24FNO. The van der Waals surface area contributed by atoms with E-state index in [2.05, 4.69) is 12.2 Å². The fourth-order valence-corrected chi connectivity index (χ4v) is 2.09. The van der Waals surface area contributed by atoms with Crippen molar-refractivity contribution in [3.05, 3.63) is 35.6 Å². The normalized spacial score (nSPS) is 12.6. The van der Waals surface area contributed by atoms with Crippen LogP contribution >= 0.6 is 0 Å². The van der Waals surface area contributed by atoms with E-state index < -0.39 is 0 Å². The van der Waals surface area contributed by atoms with E-state index in [1.54, 1.807) is 12.1 Å². The third kappa shape index (κ3) is 5.61. The van der Waals surface area contributed by atoms with Crippen LogP contribution in [-0.2, 0) is 0 Å². The number of aliphatic hydroxyl groups is 1. The van der Waals surface area contributed by atoms with Gasteiger partial charge in [-0.05, 0) is 43.5 Å². The summed E-state index contributed by atoms with van der Waals surface area (Å²) < 4.78 is 13.1. The Balaban J connectivity index is 2.29. The first-order chi connectivity index (χ1) is 8.77. The standard InChI is InChI=1S/C15H24FNO/c1-2-15(13-8-7-9-14(16)12-13)17-10-5-3-4-6-11-18/h7-9,12,15,17-18H,2-6,10-11H2,1H3. The highest BCUT2D eigenvalue weighted by Crippen LogP contribution is 2.17. The molecule has 0 radical (unpaired) electrons. The number of nitrogens with one attached hydrogen (secondary N) is 1. The molecule has 18 heavy (non-hydrogen) atoms. The van der Waals surface area contributed by atoms with Gasteiger partial charge in [0.2, 0.25) is 0 Å². The molecule has 0 aliphatic carbocycles. The predicted octanol–water partition coefficient (Wildman–Crippen LogP) is 3.42. The van der Waals surface area contributed by atoms with Gasteiger partial charge >= 0.3 is 0 Å². The maximum atomic E-state index is 13.1. The van der Waals surface area contributed by atoms with Crippen LogP contribution in [0.5, 0.6) is 0 Å². The summed E-state index contributed by atoms with van der Waals surface area (Å²) in [7, 11) is 0. The molecule has 0 heterocycles. The number of hydrogen-bond donors (Lipinski definition) is 2. The molecule has 0 aromatic heterocycles. The summed E-state index contributed by atoms with van der Waals surface area (Å²) in [5.74, 6) is -0.171. The van der Waals surface area contributed by atoms with Gasteiger partial charge in [0.15, 0.2) is 0 Å². The minimum Gasteiger partial charge on any atom is -0.396 e. The van der Waals surface area contributed by atoms with Crippen molar-refractivity contribution in [2.75, 3.05) is 13.2 Å². The van der Waals surface area contributed by atoms with E-state index in [4.69, 9.17) is 5.11 Å². The van der Waals surface area contributed by atoms with Crippen molar-refractivity contribution in [2.24, 2.45) is 0 Å². The molecule has 0 spiro atoms. The molecule has 1 aromatic rings. The van der Waals surface area contributed by atoms with E-state index in [-0.39, 0.29) is 18.5 Å². The van der Waals surface area contributed by atoms with Gasteiger partial charge in [-0.25, -0.2) is 4.39 Å². The monoisotopic (exact) mass is 253 g/mol. The molecule has 2 nitrogen and oxygen atoms in total. The van der Waals surface area contributed by atoms with E-state index in [1.807, 2.05) is 6.07 Å². The maximum Gasteiger partial charge on any atom is 0.123 e.